The fourth-order valence-electron chi connectivity index (χ4n) is 0.892. The molecular formula is C9H10N2O2S. The summed E-state index contributed by atoms with van der Waals surface area (Å²) in [4.78, 5) is 11.8. The molecule has 0 aliphatic rings. The van der Waals surface area contributed by atoms with Crippen molar-refractivity contribution in [2.45, 2.75) is 6.54 Å². The number of hydrogen-bond donors (Lipinski definition) is 1. The summed E-state index contributed by atoms with van der Waals surface area (Å²) in [6.07, 6.45) is 0. The van der Waals surface area contributed by atoms with Crippen LogP contribution in [-0.2, 0) is 16.1 Å². The molecule has 0 atom stereocenters. The van der Waals surface area contributed by atoms with Gasteiger partial charge in [0.15, 0.2) is 0 Å². The van der Waals surface area contributed by atoms with Gasteiger partial charge in [0.1, 0.15) is 6.07 Å². The van der Waals surface area contributed by atoms with Crippen LogP contribution >= 0.6 is 11.3 Å². The van der Waals surface area contributed by atoms with Gasteiger partial charge in [-0.15, -0.1) is 11.3 Å². The van der Waals surface area contributed by atoms with Crippen molar-refractivity contribution in [3.05, 3.63) is 21.9 Å². The summed E-state index contributed by atoms with van der Waals surface area (Å²) in [5, 5.41) is 13.3. The number of rotatable bonds is 4. The van der Waals surface area contributed by atoms with Crippen LogP contribution in [0.3, 0.4) is 0 Å². The van der Waals surface area contributed by atoms with Crippen LogP contribution < -0.4 is 5.32 Å². The van der Waals surface area contributed by atoms with Gasteiger partial charge in [-0.25, -0.2) is 0 Å². The smallest absolute Gasteiger partial charge is 0.319 e. The van der Waals surface area contributed by atoms with Gasteiger partial charge < -0.3 is 10.1 Å². The van der Waals surface area contributed by atoms with Gasteiger partial charge in [-0.05, 0) is 6.07 Å². The van der Waals surface area contributed by atoms with Gasteiger partial charge in [0.25, 0.3) is 0 Å². The molecule has 1 aromatic rings. The van der Waals surface area contributed by atoms with Crippen molar-refractivity contribution < 1.29 is 9.53 Å². The minimum atomic E-state index is -0.290. The molecule has 4 nitrogen and oxygen atoms in total. The van der Waals surface area contributed by atoms with Crippen molar-refractivity contribution >= 4 is 17.3 Å². The molecule has 0 fully saturated rings. The maximum Gasteiger partial charge on any atom is 0.319 e. The predicted molar refractivity (Wildman–Crippen MR) is 52.8 cm³/mol. The Hall–Kier alpha value is -1.38. The number of thiophene rings is 1. The fourth-order valence-corrected chi connectivity index (χ4v) is 1.67. The molecule has 0 amide bonds. The fraction of sp³-hybridized carbons (Fsp3) is 0.333. The number of nitrogens with one attached hydrogen (secondary N) is 1. The molecule has 0 aliphatic heterocycles. The van der Waals surface area contributed by atoms with E-state index in [1.165, 1.54) is 18.4 Å². The topological polar surface area (TPSA) is 62.1 Å². The highest BCUT2D eigenvalue weighted by atomic mass is 32.1. The van der Waals surface area contributed by atoms with E-state index in [4.69, 9.17) is 5.26 Å². The van der Waals surface area contributed by atoms with Gasteiger partial charge in [-0.2, -0.15) is 5.26 Å². The number of hydrogen-bond acceptors (Lipinski definition) is 5. The summed E-state index contributed by atoms with van der Waals surface area (Å²) < 4.78 is 4.46. The van der Waals surface area contributed by atoms with E-state index in [-0.39, 0.29) is 12.5 Å². The summed E-state index contributed by atoms with van der Waals surface area (Å²) in [5.41, 5.74) is 0.657. The third-order valence-electron chi connectivity index (χ3n) is 1.58. The van der Waals surface area contributed by atoms with Crippen LogP contribution in [0.4, 0.5) is 0 Å². The maximum atomic E-state index is 10.7. The van der Waals surface area contributed by atoms with E-state index < -0.39 is 0 Å². The standard InChI is InChI=1S/C9H10N2O2S/c1-13-9(12)5-11-4-8-2-7(3-10)6-14-8/h2,6,11H,4-5H2,1H3. The van der Waals surface area contributed by atoms with Crippen LogP contribution in [0.25, 0.3) is 0 Å². The van der Waals surface area contributed by atoms with Crippen molar-refractivity contribution in [3.63, 3.8) is 0 Å². The molecule has 0 saturated heterocycles. The molecule has 1 rings (SSSR count). The molecule has 0 unspecified atom stereocenters. The highest BCUT2D eigenvalue weighted by molar-refractivity contribution is 7.10. The van der Waals surface area contributed by atoms with Gasteiger partial charge >= 0.3 is 5.97 Å². The van der Waals surface area contributed by atoms with Gasteiger partial charge in [0.2, 0.25) is 0 Å². The van der Waals surface area contributed by atoms with Crippen molar-refractivity contribution in [2.24, 2.45) is 0 Å². The maximum absolute atomic E-state index is 10.7. The predicted octanol–water partition coefficient (Wildman–Crippen LogP) is 0.882. The lowest BCUT2D eigenvalue weighted by Gasteiger charge is -2.00. The Morgan fingerprint density at radius 1 is 1.79 bits per heavy atom. The van der Waals surface area contributed by atoms with E-state index in [9.17, 15) is 4.79 Å². The quantitative estimate of drug-likeness (QED) is 0.749. The van der Waals surface area contributed by atoms with Crippen LogP contribution in [0.5, 0.6) is 0 Å². The summed E-state index contributed by atoms with van der Waals surface area (Å²) >= 11 is 1.50. The molecule has 0 spiro atoms. The van der Waals surface area contributed by atoms with E-state index in [1.807, 2.05) is 6.07 Å². The second-order valence-electron chi connectivity index (χ2n) is 2.59. The molecule has 0 radical (unpaired) electrons. The van der Waals surface area contributed by atoms with E-state index >= 15 is 0 Å². The van der Waals surface area contributed by atoms with E-state index in [0.717, 1.165) is 4.88 Å². The first-order valence-electron chi connectivity index (χ1n) is 4.01. The van der Waals surface area contributed by atoms with Crippen LogP contribution in [0, 0.1) is 11.3 Å². The van der Waals surface area contributed by atoms with E-state index in [0.29, 0.717) is 12.1 Å². The summed E-state index contributed by atoms with van der Waals surface area (Å²) in [7, 11) is 1.35. The zero-order valence-electron chi connectivity index (χ0n) is 7.74. The molecule has 74 valence electrons. The molecule has 0 bridgehead atoms. The van der Waals surface area contributed by atoms with Crippen LogP contribution in [0.15, 0.2) is 11.4 Å². The Kier molecular flexibility index (Phi) is 4.11. The third-order valence-corrected chi connectivity index (χ3v) is 2.52. The van der Waals surface area contributed by atoms with Crippen molar-refractivity contribution in [1.82, 2.24) is 5.32 Å². The SMILES string of the molecule is COC(=O)CNCc1cc(C#N)cs1. The normalized spacial score (nSPS) is 9.43. The van der Waals surface area contributed by atoms with E-state index in [1.54, 1.807) is 11.4 Å². The molecular weight excluding hydrogens is 200 g/mol. The summed E-state index contributed by atoms with van der Waals surface area (Å²) in [6.45, 7) is 0.776. The summed E-state index contributed by atoms with van der Waals surface area (Å²) in [5.74, 6) is -0.290. The largest absolute Gasteiger partial charge is 0.468 e. The van der Waals surface area contributed by atoms with Crippen LogP contribution in [-0.4, -0.2) is 19.6 Å². The summed E-state index contributed by atoms with van der Waals surface area (Å²) in [6, 6.07) is 3.85. The number of methoxy groups -OCH3 is 1. The Morgan fingerprint density at radius 3 is 3.14 bits per heavy atom. The molecule has 0 aromatic carbocycles. The molecule has 5 heteroatoms. The lowest BCUT2D eigenvalue weighted by Crippen LogP contribution is -2.22. The number of nitriles is 1. The first-order chi connectivity index (χ1) is 6.76. The van der Waals surface area contributed by atoms with Crippen molar-refractivity contribution in [3.8, 4) is 6.07 Å². The van der Waals surface area contributed by atoms with Crippen molar-refractivity contribution in [1.29, 1.82) is 5.26 Å². The average molecular weight is 210 g/mol. The zero-order chi connectivity index (χ0) is 10.4. The highest BCUT2D eigenvalue weighted by Crippen LogP contribution is 2.12. The monoisotopic (exact) mass is 210 g/mol. The van der Waals surface area contributed by atoms with Crippen molar-refractivity contribution in [2.75, 3.05) is 13.7 Å². The molecule has 14 heavy (non-hydrogen) atoms. The number of esters is 1. The number of nitrogens with zero attached hydrogens (tertiary/aromatic N) is 1. The highest BCUT2D eigenvalue weighted by Gasteiger charge is 2.01. The molecule has 1 aromatic heterocycles. The lowest BCUT2D eigenvalue weighted by molar-refractivity contribution is -0.139. The second-order valence-corrected chi connectivity index (χ2v) is 3.59. The first kappa shape index (κ1) is 10.7. The Morgan fingerprint density at radius 2 is 2.57 bits per heavy atom. The van der Waals surface area contributed by atoms with Gasteiger partial charge in [0.05, 0.1) is 19.2 Å². The Labute approximate surface area is 86.1 Å². The van der Waals surface area contributed by atoms with Gasteiger partial charge in [0, 0.05) is 16.8 Å². The third kappa shape index (κ3) is 3.17. The molecule has 0 saturated carbocycles. The number of carbonyl (C=O) groups is 1. The zero-order valence-corrected chi connectivity index (χ0v) is 8.56. The van der Waals surface area contributed by atoms with Crippen LogP contribution in [0.1, 0.15) is 10.4 Å². The van der Waals surface area contributed by atoms with E-state index in [2.05, 4.69) is 10.1 Å². The molecule has 0 aliphatic carbocycles. The Balaban J connectivity index is 2.32. The number of carbonyl (C=O) groups excluding carboxylic acids is 1. The first-order valence-corrected chi connectivity index (χ1v) is 4.89. The molecule has 1 heterocycles. The van der Waals surface area contributed by atoms with Gasteiger partial charge in [-0.3, -0.25) is 4.79 Å². The lowest BCUT2D eigenvalue weighted by atomic mass is 10.3. The number of ether oxygens (including phenoxy) is 1. The Bertz CT molecular complexity index is 354. The average Bonchev–Trinajstić information content (AvgIpc) is 2.65. The van der Waals surface area contributed by atoms with Gasteiger partial charge in [-0.1, -0.05) is 0 Å². The minimum Gasteiger partial charge on any atom is -0.468 e. The van der Waals surface area contributed by atoms with Crippen LogP contribution in [0.2, 0.25) is 0 Å². The molecule has 1 N–H and O–H groups in total. The second kappa shape index (κ2) is 5.37. The minimum absolute atomic E-state index is 0.191.